The van der Waals surface area contributed by atoms with Gasteiger partial charge in [-0.3, -0.25) is 4.90 Å². The lowest BCUT2D eigenvalue weighted by molar-refractivity contribution is 0.274. The topological polar surface area (TPSA) is 39.3 Å². The van der Waals surface area contributed by atoms with E-state index in [0.717, 1.165) is 29.4 Å². The molecule has 0 bridgehead atoms. The van der Waals surface area contributed by atoms with Crippen molar-refractivity contribution in [1.82, 2.24) is 9.88 Å². The molecule has 0 radical (unpaired) electrons. The molecule has 0 saturated carbocycles. The number of rotatable bonds is 7. The molecule has 1 aromatic carbocycles. The van der Waals surface area contributed by atoms with Gasteiger partial charge < -0.3 is 10.1 Å². The highest BCUT2D eigenvalue weighted by Crippen LogP contribution is 2.27. The van der Waals surface area contributed by atoms with Crippen molar-refractivity contribution in [3.8, 4) is 5.75 Å². The summed E-state index contributed by atoms with van der Waals surface area (Å²) in [4.78, 5) is 5.15. The van der Waals surface area contributed by atoms with Gasteiger partial charge in [-0.1, -0.05) is 12.1 Å². The molecule has 2 aromatic rings. The first kappa shape index (κ1) is 13.6. The fraction of sp³-hybridized carbons (Fsp3) is 0.333. The second-order valence-corrected chi connectivity index (χ2v) is 4.54. The van der Waals surface area contributed by atoms with Crippen LogP contribution >= 0.6 is 0 Å². The molecule has 1 aromatic heterocycles. The molecule has 102 valence electrons. The number of H-pyrrole nitrogens is 1. The van der Waals surface area contributed by atoms with Gasteiger partial charge in [0.05, 0.1) is 0 Å². The largest absolute Gasteiger partial charge is 0.507 e. The molecule has 0 amide bonds. The molecule has 19 heavy (non-hydrogen) atoms. The van der Waals surface area contributed by atoms with Gasteiger partial charge in [0.15, 0.2) is 0 Å². The summed E-state index contributed by atoms with van der Waals surface area (Å²) >= 11 is 0. The van der Waals surface area contributed by atoms with E-state index in [9.17, 15) is 9.50 Å². The van der Waals surface area contributed by atoms with Crippen molar-refractivity contribution in [2.24, 2.45) is 0 Å². The van der Waals surface area contributed by atoms with Crippen LogP contribution in [-0.4, -0.2) is 41.3 Å². The molecule has 1 heterocycles. The van der Waals surface area contributed by atoms with Crippen molar-refractivity contribution in [2.75, 3.05) is 26.3 Å². The monoisotopic (exact) mass is 262 g/mol. The number of alkyl halides is 1. The average Bonchev–Trinajstić information content (AvgIpc) is 2.81. The maximum absolute atomic E-state index is 12.4. The second kappa shape index (κ2) is 6.38. The molecule has 0 atom stereocenters. The number of nitrogens with one attached hydrogen (secondary N) is 1. The number of aromatic hydroxyl groups is 1. The van der Waals surface area contributed by atoms with Crippen molar-refractivity contribution in [2.45, 2.75) is 6.42 Å². The minimum atomic E-state index is -0.354. The zero-order chi connectivity index (χ0) is 13.7. The van der Waals surface area contributed by atoms with Gasteiger partial charge in [0.1, 0.15) is 12.4 Å². The van der Waals surface area contributed by atoms with Gasteiger partial charge in [0, 0.05) is 36.7 Å². The highest BCUT2D eigenvalue weighted by molar-refractivity contribution is 5.88. The normalized spacial score (nSPS) is 11.3. The van der Waals surface area contributed by atoms with Crippen LogP contribution in [0.2, 0.25) is 0 Å². The molecule has 0 saturated heterocycles. The summed E-state index contributed by atoms with van der Waals surface area (Å²) in [6, 6.07) is 5.43. The zero-order valence-electron chi connectivity index (χ0n) is 10.9. The summed E-state index contributed by atoms with van der Waals surface area (Å²) in [7, 11) is 0. The van der Waals surface area contributed by atoms with Gasteiger partial charge in [0.2, 0.25) is 0 Å². The third-order valence-electron chi connectivity index (χ3n) is 3.25. The predicted molar refractivity (Wildman–Crippen MR) is 76.3 cm³/mol. The summed E-state index contributed by atoms with van der Waals surface area (Å²) in [5.41, 5.74) is 1.98. The molecule has 0 aliphatic rings. The number of hydrogen-bond donors (Lipinski definition) is 2. The Morgan fingerprint density at radius 1 is 1.37 bits per heavy atom. The Morgan fingerprint density at radius 2 is 2.21 bits per heavy atom. The molecule has 4 heteroatoms. The van der Waals surface area contributed by atoms with Crippen LogP contribution in [-0.2, 0) is 6.42 Å². The smallest absolute Gasteiger partial charge is 0.125 e. The number of nitrogens with zero attached hydrogens (tertiary/aromatic N) is 1. The first-order chi connectivity index (χ1) is 9.26. The van der Waals surface area contributed by atoms with Crippen LogP contribution in [0.1, 0.15) is 5.56 Å². The molecule has 2 N–H and O–H groups in total. The van der Waals surface area contributed by atoms with Crippen molar-refractivity contribution in [1.29, 1.82) is 0 Å². The lowest BCUT2D eigenvalue weighted by Gasteiger charge is -2.18. The highest BCUT2D eigenvalue weighted by Gasteiger charge is 2.09. The molecule has 0 aliphatic carbocycles. The SMILES string of the molecule is C=CCN(CCF)CCc1c[nH]c2cccc(O)c12. The number of hydrogen-bond acceptors (Lipinski definition) is 2. The number of aromatic nitrogens is 1. The number of halogens is 1. The van der Waals surface area contributed by atoms with Crippen molar-refractivity contribution >= 4 is 10.9 Å². The number of benzene rings is 1. The maximum atomic E-state index is 12.4. The van der Waals surface area contributed by atoms with Gasteiger partial charge >= 0.3 is 0 Å². The van der Waals surface area contributed by atoms with E-state index in [1.807, 2.05) is 23.2 Å². The van der Waals surface area contributed by atoms with Gasteiger partial charge in [0.25, 0.3) is 0 Å². The summed E-state index contributed by atoms with van der Waals surface area (Å²) in [5.74, 6) is 0.287. The summed E-state index contributed by atoms with van der Waals surface area (Å²) < 4.78 is 12.4. The second-order valence-electron chi connectivity index (χ2n) is 4.54. The molecule has 0 spiro atoms. The van der Waals surface area contributed by atoms with E-state index in [1.165, 1.54) is 0 Å². The van der Waals surface area contributed by atoms with Gasteiger partial charge in [-0.15, -0.1) is 6.58 Å². The van der Waals surface area contributed by atoms with Crippen molar-refractivity contribution in [3.05, 3.63) is 42.6 Å². The number of aromatic amines is 1. The van der Waals surface area contributed by atoms with Crippen LogP contribution in [0, 0.1) is 0 Å². The molecular weight excluding hydrogens is 243 g/mol. The molecule has 2 rings (SSSR count). The minimum absolute atomic E-state index is 0.287. The molecule has 0 unspecified atom stereocenters. The first-order valence-electron chi connectivity index (χ1n) is 6.43. The number of phenols is 1. The van der Waals surface area contributed by atoms with Crippen molar-refractivity contribution in [3.63, 3.8) is 0 Å². The average molecular weight is 262 g/mol. The summed E-state index contributed by atoms with van der Waals surface area (Å²) in [5, 5.41) is 10.8. The molecular formula is C15H19FN2O. The zero-order valence-corrected chi connectivity index (χ0v) is 10.9. The number of phenolic OH excluding ortho intramolecular Hbond substituents is 1. The standard InChI is InChI=1S/C15H19FN2O/c1-2-8-18(10-7-16)9-6-12-11-17-13-4-3-5-14(19)15(12)13/h2-5,11,17,19H,1,6-10H2. The molecule has 0 fully saturated rings. The van der Waals surface area contributed by atoms with Gasteiger partial charge in [-0.2, -0.15) is 0 Å². The Hall–Kier alpha value is -1.81. The third-order valence-corrected chi connectivity index (χ3v) is 3.25. The highest BCUT2D eigenvalue weighted by atomic mass is 19.1. The fourth-order valence-corrected chi connectivity index (χ4v) is 2.31. The van der Waals surface area contributed by atoms with E-state index in [1.54, 1.807) is 12.1 Å². The van der Waals surface area contributed by atoms with E-state index < -0.39 is 0 Å². The maximum Gasteiger partial charge on any atom is 0.125 e. The summed E-state index contributed by atoms with van der Waals surface area (Å²) in [6.07, 6.45) is 4.46. The Kier molecular flexibility index (Phi) is 4.58. The van der Waals surface area contributed by atoms with Gasteiger partial charge in [-0.25, -0.2) is 4.39 Å². The van der Waals surface area contributed by atoms with E-state index in [0.29, 0.717) is 13.1 Å². The minimum Gasteiger partial charge on any atom is -0.507 e. The van der Waals surface area contributed by atoms with E-state index in [2.05, 4.69) is 11.6 Å². The van der Waals surface area contributed by atoms with Crippen molar-refractivity contribution < 1.29 is 9.50 Å². The molecule has 0 aliphatic heterocycles. The van der Waals surface area contributed by atoms with Crippen LogP contribution in [0.15, 0.2) is 37.1 Å². The Balaban J connectivity index is 2.10. The van der Waals surface area contributed by atoms with E-state index >= 15 is 0 Å². The van der Waals surface area contributed by atoms with Crippen LogP contribution in [0.4, 0.5) is 4.39 Å². The lowest BCUT2D eigenvalue weighted by atomic mass is 10.1. The fourth-order valence-electron chi connectivity index (χ4n) is 2.31. The Morgan fingerprint density at radius 3 is 2.95 bits per heavy atom. The first-order valence-corrected chi connectivity index (χ1v) is 6.43. The Labute approximate surface area is 112 Å². The quantitative estimate of drug-likeness (QED) is 0.753. The van der Waals surface area contributed by atoms with E-state index in [-0.39, 0.29) is 12.4 Å². The van der Waals surface area contributed by atoms with Gasteiger partial charge in [-0.05, 0) is 24.1 Å². The van der Waals surface area contributed by atoms with E-state index in [4.69, 9.17) is 0 Å². The van der Waals surface area contributed by atoms with Crippen LogP contribution in [0.3, 0.4) is 0 Å². The van der Waals surface area contributed by atoms with Crippen LogP contribution in [0.5, 0.6) is 5.75 Å². The predicted octanol–water partition coefficient (Wildman–Crippen LogP) is 2.87. The summed E-state index contributed by atoms with van der Waals surface area (Å²) in [6.45, 7) is 5.17. The molecule has 3 nitrogen and oxygen atoms in total. The Bertz CT molecular complexity index is 550. The van der Waals surface area contributed by atoms with Crippen LogP contribution in [0.25, 0.3) is 10.9 Å². The third kappa shape index (κ3) is 3.15. The van der Waals surface area contributed by atoms with Crippen LogP contribution < -0.4 is 0 Å². The number of fused-ring (bicyclic) bond motifs is 1. The lowest BCUT2D eigenvalue weighted by Crippen LogP contribution is -2.28.